The van der Waals surface area contributed by atoms with Crippen molar-refractivity contribution in [2.45, 2.75) is 68.1 Å². The van der Waals surface area contributed by atoms with Gasteiger partial charge in [0, 0.05) is 17.6 Å². The van der Waals surface area contributed by atoms with Crippen LogP contribution in [0.5, 0.6) is 0 Å². The minimum atomic E-state index is -4.71. The molecule has 0 bridgehead atoms. The Morgan fingerprint density at radius 3 is 2.39 bits per heavy atom. The van der Waals surface area contributed by atoms with E-state index in [0.717, 1.165) is 37.9 Å². The number of benzene rings is 1. The van der Waals surface area contributed by atoms with Gasteiger partial charge in [0.2, 0.25) is 10.0 Å². The van der Waals surface area contributed by atoms with E-state index in [9.17, 15) is 30.8 Å². The summed E-state index contributed by atoms with van der Waals surface area (Å²) in [5.41, 5.74) is 4.87. The van der Waals surface area contributed by atoms with Gasteiger partial charge < -0.3 is 10.3 Å². The average Bonchev–Trinajstić information content (AvgIpc) is 3.25. The number of nitrogens with two attached hydrogens (primary N) is 1. The molecular formula is C24H24F4N4O3S. The number of aromatic nitrogens is 2. The van der Waals surface area contributed by atoms with Gasteiger partial charge in [0.15, 0.2) is 0 Å². The fourth-order valence-electron chi connectivity index (χ4n) is 5.04. The summed E-state index contributed by atoms with van der Waals surface area (Å²) in [6, 6.07) is 5.37. The Kier molecular flexibility index (Phi) is 5.67. The lowest BCUT2D eigenvalue weighted by Gasteiger charge is -2.21. The molecule has 2 aliphatic carbocycles. The van der Waals surface area contributed by atoms with Crippen LogP contribution in [0.15, 0.2) is 35.4 Å². The number of primary amides is 1. The Labute approximate surface area is 204 Å². The number of amides is 1. The highest BCUT2D eigenvalue weighted by Gasteiger charge is 2.65. The molecule has 7 nitrogen and oxygen atoms in total. The Balaban J connectivity index is 1.63. The van der Waals surface area contributed by atoms with E-state index in [-0.39, 0.29) is 30.1 Å². The standard InChI is InChI=1S/C24H24F4N4O3S/c1-13-10-19-16(11-17(13)25)20(22(29)33)21(32(19)14-4-2-3-5-14)18-7-6-15(12-30-18)36(34,35)31-23(8-9-23)24(26,27)28/h6-7,10-12,14,31H,2-5,8-9H2,1H3,(H2,29,33). The average molecular weight is 525 g/mol. The van der Waals surface area contributed by atoms with Gasteiger partial charge in [0.05, 0.1) is 22.5 Å². The lowest BCUT2D eigenvalue weighted by atomic mass is 10.1. The van der Waals surface area contributed by atoms with Crippen molar-refractivity contribution in [1.29, 1.82) is 0 Å². The van der Waals surface area contributed by atoms with Gasteiger partial charge in [-0.1, -0.05) is 12.8 Å². The molecule has 3 aromatic rings. The molecule has 0 atom stereocenters. The maximum absolute atomic E-state index is 14.5. The summed E-state index contributed by atoms with van der Waals surface area (Å²) in [5, 5.41) is 0.327. The second-order valence-corrected chi connectivity index (χ2v) is 11.3. The molecule has 0 radical (unpaired) electrons. The predicted octanol–water partition coefficient (Wildman–Crippen LogP) is 4.74. The number of hydrogen-bond acceptors (Lipinski definition) is 4. The van der Waals surface area contributed by atoms with Crippen molar-refractivity contribution in [3.8, 4) is 11.4 Å². The second-order valence-electron chi connectivity index (χ2n) is 9.58. The number of nitrogens with one attached hydrogen (secondary N) is 1. The molecule has 1 aromatic carbocycles. The van der Waals surface area contributed by atoms with Crippen molar-refractivity contribution in [2.75, 3.05) is 0 Å². The van der Waals surface area contributed by atoms with E-state index in [2.05, 4.69) is 4.98 Å². The van der Waals surface area contributed by atoms with Crippen molar-refractivity contribution >= 4 is 26.8 Å². The summed E-state index contributed by atoms with van der Waals surface area (Å²) in [4.78, 5) is 16.3. The van der Waals surface area contributed by atoms with Gasteiger partial charge in [-0.3, -0.25) is 9.78 Å². The van der Waals surface area contributed by atoms with Gasteiger partial charge >= 0.3 is 6.18 Å². The molecule has 2 heterocycles. The summed E-state index contributed by atoms with van der Waals surface area (Å²) >= 11 is 0. The highest BCUT2D eigenvalue weighted by atomic mass is 32.2. The topological polar surface area (TPSA) is 107 Å². The van der Waals surface area contributed by atoms with Crippen molar-refractivity contribution in [1.82, 2.24) is 14.3 Å². The molecular weight excluding hydrogens is 500 g/mol. The van der Waals surface area contributed by atoms with Crippen LogP contribution < -0.4 is 10.5 Å². The molecule has 2 aliphatic rings. The van der Waals surface area contributed by atoms with Crippen LogP contribution >= 0.6 is 0 Å². The van der Waals surface area contributed by atoms with Gasteiger partial charge in [-0.2, -0.15) is 17.9 Å². The van der Waals surface area contributed by atoms with Gasteiger partial charge in [0.25, 0.3) is 5.91 Å². The Bertz CT molecular complexity index is 1470. The number of sulfonamides is 1. The number of pyridine rings is 1. The minimum Gasteiger partial charge on any atom is -0.366 e. The molecule has 0 spiro atoms. The van der Waals surface area contributed by atoms with Crippen LogP contribution in [0.4, 0.5) is 17.6 Å². The molecule has 5 rings (SSSR count). The van der Waals surface area contributed by atoms with Crippen LogP contribution in [0.25, 0.3) is 22.3 Å². The molecule has 0 aliphatic heterocycles. The third-order valence-electron chi connectivity index (χ3n) is 7.13. The summed E-state index contributed by atoms with van der Waals surface area (Å²) in [7, 11) is -4.51. The van der Waals surface area contributed by atoms with Crippen molar-refractivity contribution in [2.24, 2.45) is 5.73 Å². The van der Waals surface area contributed by atoms with E-state index in [0.29, 0.717) is 22.2 Å². The Morgan fingerprint density at radius 2 is 1.86 bits per heavy atom. The number of halogens is 4. The number of hydrogen-bond donors (Lipinski definition) is 2. The third-order valence-corrected chi connectivity index (χ3v) is 8.65. The number of carbonyl (C=O) groups excluding carboxylic acids is 1. The molecule has 36 heavy (non-hydrogen) atoms. The Morgan fingerprint density at radius 1 is 1.19 bits per heavy atom. The second kappa shape index (κ2) is 8.27. The zero-order valence-corrected chi connectivity index (χ0v) is 20.1. The maximum Gasteiger partial charge on any atom is 0.407 e. The van der Waals surface area contributed by atoms with Crippen molar-refractivity contribution < 1.29 is 30.8 Å². The highest BCUT2D eigenvalue weighted by Crippen LogP contribution is 2.50. The molecule has 0 unspecified atom stereocenters. The van der Waals surface area contributed by atoms with Crippen LogP contribution in [0.2, 0.25) is 0 Å². The molecule has 2 saturated carbocycles. The summed E-state index contributed by atoms with van der Waals surface area (Å²) in [6.45, 7) is 1.61. The number of fused-ring (bicyclic) bond motifs is 1. The van der Waals surface area contributed by atoms with E-state index in [1.165, 1.54) is 12.1 Å². The fraction of sp³-hybridized carbons (Fsp3) is 0.417. The zero-order valence-electron chi connectivity index (χ0n) is 19.3. The zero-order chi connectivity index (χ0) is 26.0. The number of nitrogens with zero attached hydrogens (tertiary/aromatic N) is 2. The fourth-order valence-corrected chi connectivity index (χ4v) is 6.43. The highest BCUT2D eigenvalue weighted by molar-refractivity contribution is 7.89. The van der Waals surface area contributed by atoms with E-state index >= 15 is 0 Å². The van der Waals surface area contributed by atoms with Gasteiger partial charge in [0.1, 0.15) is 16.3 Å². The smallest absolute Gasteiger partial charge is 0.366 e. The molecule has 2 aromatic heterocycles. The SMILES string of the molecule is Cc1cc2c(cc1F)c(C(N)=O)c(-c1ccc(S(=O)(=O)NC3(C(F)(F)F)CC3)cn1)n2C1CCCC1. The summed E-state index contributed by atoms with van der Waals surface area (Å²) in [6.07, 6.45) is -0.846. The Hall–Kier alpha value is -2.99. The van der Waals surface area contributed by atoms with Crippen LogP contribution in [0.3, 0.4) is 0 Å². The molecule has 0 saturated heterocycles. The number of aryl methyl sites for hydroxylation is 1. The number of carbonyl (C=O) groups is 1. The summed E-state index contributed by atoms with van der Waals surface area (Å²) in [5.74, 6) is -1.30. The largest absolute Gasteiger partial charge is 0.407 e. The summed E-state index contributed by atoms with van der Waals surface area (Å²) < 4.78 is 83.4. The number of alkyl halides is 3. The quantitative estimate of drug-likeness (QED) is 0.455. The van der Waals surface area contributed by atoms with Gasteiger partial charge in [-0.05, 0) is 62.4 Å². The monoisotopic (exact) mass is 524 g/mol. The first-order valence-corrected chi connectivity index (χ1v) is 13.0. The first-order valence-electron chi connectivity index (χ1n) is 11.6. The van der Waals surface area contributed by atoms with Gasteiger partial charge in [-0.15, -0.1) is 0 Å². The predicted molar refractivity (Wildman–Crippen MR) is 124 cm³/mol. The molecule has 3 N–H and O–H groups in total. The van der Waals surface area contributed by atoms with E-state index in [4.69, 9.17) is 5.73 Å². The van der Waals surface area contributed by atoms with Crippen molar-refractivity contribution in [3.05, 3.63) is 47.4 Å². The number of rotatable bonds is 6. The molecule has 1 amide bonds. The first kappa shape index (κ1) is 24.7. The maximum atomic E-state index is 14.5. The van der Waals surface area contributed by atoms with Crippen LogP contribution in [0, 0.1) is 12.7 Å². The molecule has 12 heteroatoms. The van der Waals surface area contributed by atoms with Crippen LogP contribution in [-0.4, -0.2) is 35.6 Å². The van der Waals surface area contributed by atoms with Gasteiger partial charge in [-0.25, -0.2) is 12.8 Å². The normalized spacial score (nSPS) is 18.1. The van der Waals surface area contributed by atoms with Crippen molar-refractivity contribution in [3.63, 3.8) is 0 Å². The van der Waals surface area contributed by atoms with E-state index < -0.39 is 38.4 Å². The minimum absolute atomic E-state index is 0.00570. The third kappa shape index (κ3) is 3.96. The van der Waals surface area contributed by atoms with Crippen LogP contribution in [0.1, 0.15) is 60.5 Å². The van der Waals surface area contributed by atoms with Crippen LogP contribution in [-0.2, 0) is 10.0 Å². The lowest BCUT2D eigenvalue weighted by Crippen LogP contribution is -2.47. The van der Waals surface area contributed by atoms with E-state index in [1.54, 1.807) is 17.7 Å². The molecule has 192 valence electrons. The lowest BCUT2D eigenvalue weighted by molar-refractivity contribution is -0.160. The first-order chi connectivity index (χ1) is 16.8. The molecule has 2 fully saturated rings. The van der Waals surface area contributed by atoms with E-state index in [1.807, 2.05) is 4.57 Å².